The smallest absolute Gasteiger partial charge is 0.422 e. The SMILES string of the molecule is COC(=O)c1sc(C(=O)OC)c(OCC(F)(F)F)c1OCC(F)(F)F. The van der Waals surface area contributed by atoms with Gasteiger partial charge in [-0.1, -0.05) is 0 Å². The fourth-order valence-electron chi connectivity index (χ4n) is 1.43. The summed E-state index contributed by atoms with van der Waals surface area (Å²) in [6, 6.07) is 0. The molecule has 1 heterocycles. The summed E-state index contributed by atoms with van der Waals surface area (Å²) in [6.07, 6.45) is -9.72. The second-order valence-corrected chi connectivity index (χ2v) is 5.23. The summed E-state index contributed by atoms with van der Waals surface area (Å²) in [4.78, 5) is 21.9. The van der Waals surface area contributed by atoms with Gasteiger partial charge in [-0.3, -0.25) is 0 Å². The van der Waals surface area contributed by atoms with Crippen LogP contribution in [0, 0.1) is 0 Å². The standard InChI is InChI=1S/C12H10F6O6S/c1-21-9(19)7-5(23-3-11(13,14)15)6(24-4-12(16,17)18)8(25-7)10(20)22-2/h3-4H2,1-2H3. The lowest BCUT2D eigenvalue weighted by Crippen LogP contribution is -2.22. The van der Waals surface area contributed by atoms with E-state index in [0.29, 0.717) is 0 Å². The largest absolute Gasteiger partial charge is 0.478 e. The number of carbonyl (C=O) groups is 2. The number of alkyl halides is 6. The van der Waals surface area contributed by atoms with Gasteiger partial charge in [0.25, 0.3) is 0 Å². The van der Waals surface area contributed by atoms with Gasteiger partial charge in [0.05, 0.1) is 14.2 Å². The number of hydrogen-bond donors (Lipinski definition) is 0. The maximum Gasteiger partial charge on any atom is 0.422 e. The average molecular weight is 396 g/mol. The molecule has 0 spiro atoms. The number of rotatable bonds is 6. The first kappa shape index (κ1) is 20.9. The molecule has 0 saturated carbocycles. The first-order valence-corrected chi connectivity index (χ1v) is 6.93. The van der Waals surface area contributed by atoms with Crippen molar-refractivity contribution in [1.82, 2.24) is 0 Å². The van der Waals surface area contributed by atoms with Gasteiger partial charge in [0.15, 0.2) is 34.5 Å². The quantitative estimate of drug-likeness (QED) is 0.543. The molecule has 0 amide bonds. The normalized spacial score (nSPS) is 11.8. The summed E-state index contributed by atoms with van der Waals surface area (Å²) in [5.41, 5.74) is 0. The summed E-state index contributed by atoms with van der Waals surface area (Å²) in [5.74, 6) is -4.43. The molecule has 1 aromatic heterocycles. The van der Waals surface area contributed by atoms with Gasteiger partial charge >= 0.3 is 24.3 Å². The van der Waals surface area contributed by atoms with Crippen molar-refractivity contribution in [1.29, 1.82) is 0 Å². The van der Waals surface area contributed by atoms with Crippen LogP contribution in [-0.4, -0.2) is 51.7 Å². The van der Waals surface area contributed by atoms with Crippen LogP contribution in [0.4, 0.5) is 26.3 Å². The lowest BCUT2D eigenvalue weighted by atomic mass is 10.3. The van der Waals surface area contributed by atoms with E-state index in [1.807, 2.05) is 0 Å². The molecule has 6 nitrogen and oxygen atoms in total. The van der Waals surface area contributed by atoms with E-state index >= 15 is 0 Å². The predicted octanol–water partition coefficient (Wildman–Crippen LogP) is 3.20. The van der Waals surface area contributed by atoms with E-state index in [2.05, 4.69) is 18.9 Å². The molecule has 0 bridgehead atoms. The van der Waals surface area contributed by atoms with E-state index in [0.717, 1.165) is 14.2 Å². The topological polar surface area (TPSA) is 71.1 Å². The Bertz CT molecular complexity index is 583. The Kier molecular flexibility index (Phi) is 6.51. The Labute approximate surface area is 140 Å². The third-order valence-electron chi connectivity index (χ3n) is 2.32. The van der Waals surface area contributed by atoms with E-state index in [4.69, 9.17) is 0 Å². The molecule has 13 heteroatoms. The van der Waals surface area contributed by atoms with Crippen LogP contribution >= 0.6 is 11.3 Å². The van der Waals surface area contributed by atoms with Crippen molar-refractivity contribution in [2.75, 3.05) is 27.4 Å². The highest BCUT2D eigenvalue weighted by Gasteiger charge is 2.37. The van der Waals surface area contributed by atoms with Gasteiger partial charge in [0, 0.05) is 0 Å². The highest BCUT2D eigenvalue weighted by molar-refractivity contribution is 7.16. The van der Waals surface area contributed by atoms with Crippen LogP contribution in [0.2, 0.25) is 0 Å². The zero-order valence-corrected chi connectivity index (χ0v) is 13.4. The van der Waals surface area contributed by atoms with Crippen LogP contribution in [-0.2, 0) is 9.47 Å². The number of halogens is 6. The monoisotopic (exact) mass is 396 g/mol. The molecule has 142 valence electrons. The molecular formula is C12H10F6O6S. The first-order chi connectivity index (χ1) is 11.4. The fraction of sp³-hybridized carbons (Fsp3) is 0.500. The molecule has 1 rings (SSSR count). The molecule has 0 aliphatic heterocycles. The Balaban J connectivity index is 3.40. The van der Waals surface area contributed by atoms with Crippen molar-refractivity contribution in [3.05, 3.63) is 9.75 Å². The molecule has 0 saturated heterocycles. The summed E-state index contributed by atoms with van der Waals surface area (Å²) in [6.45, 7) is -3.87. The molecule has 0 unspecified atom stereocenters. The van der Waals surface area contributed by atoms with Crippen LogP contribution < -0.4 is 9.47 Å². The van der Waals surface area contributed by atoms with Crippen LogP contribution in [0.1, 0.15) is 19.3 Å². The number of hydrogen-bond acceptors (Lipinski definition) is 7. The van der Waals surface area contributed by atoms with Gasteiger partial charge in [-0.2, -0.15) is 26.3 Å². The number of carbonyl (C=O) groups excluding carboxylic acids is 2. The van der Waals surface area contributed by atoms with Crippen LogP contribution in [0.25, 0.3) is 0 Å². The van der Waals surface area contributed by atoms with Crippen LogP contribution in [0.15, 0.2) is 0 Å². The molecule has 0 atom stereocenters. The third kappa shape index (κ3) is 5.99. The summed E-state index contributed by atoms with van der Waals surface area (Å²) < 4.78 is 91.5. The fourth-order valence-corrected chi connectivity index (χ4v) is 2.45. The minimum Gasteiger partial charge on any atom is -0.478 e. The van der Waals surface area contributed by atoms with Gasteiger partial charge in [-0.25, -0.2) is 9.59 Å². The number of thiophene rings is 1. The summed E-state index contributed by atoms with van der Waals surface area (Å²) >= 11 is 0.219. The van der Waals surface area contributed by atoms with Crippen LogP contribution in [0.5, 0.6) is 11.5 Å². The lowest BCUT2D eigenvalue weighted by Gasteiger charge is -2.14. The van der Waals surface area contributed by atoms with Gasteiger partial charge in [0.2, 0.25) is 0 Å². The minimum absolute atomic E-state index is 0.219. The van der Waals surface area contributed by atoms with Gasteiger partial charge in [-0.05, 0) is 0 Å². The molecule has 1 aromatic rings. The second kappa shape index (κ2) is 7.80. The maximum absolute atomic E-state index is 12.3. The highest BCUT2D eigenvalue weighted by Crippen LogP contribution is 2.44. The van der Waals surface area contributed by atoms with Gasteiger partial charge in [-0.15, -0.1) is 11.3 Å². The molecule has 0 N–H and O–H groups in total. The number of methoxy groups -OCH3 is 2. The number of ether oxygens (including phenoxy) is 4. The first-order valence-electron chi connectivity index (χ1n) is 6.12. The number of esters is 2. The molecule has 0 aliphatic rings. The average Bonchev–Trinajstić information content (AvgIpc) is 2.86. The Morgan fingerprint density at radius 1 is 0.800 bits per heavy atom. The van der Waals surface area contributed by atoms with Gasteiger partial charge < -0.3 is 18.9 Å². The van der Waals surface area contributed by atoms with Crippen molar-refractivity contribution in [3.63, 3.8) is 0 Å². The van der Waals surface area contributed by atoms with E-state index in [9.17, 15) is 35.9 Å². The van der Waals surface area contributed by atoms with Crippen LogP contribution in [0.3, 0.4) is 0 Å². The molecular weight excluding hydrogens is 386 g/mol. The zero-order chi connectivity index (χ0) is 19.4. The molecule has 0 aliphatic carbocycles. The van der Waals surface area contributed by atoms with Crippen molar-refractivity contribution in [2.24, 2.45) is 0 Å². The maximum atomic E-state index is 12.3. The third-order valence-corrected chi connectivity index (χ3v) is 3.44. The zero-order valence-electron chi connectivity index (χ0n) is 12.5. The van der Waals surface area contributed by atoms with E-state index in [-0.39, 0.29) is 11.3 Å². The minimum atomic E-state index is -4.86. The van der Waals surface area contributed by atoms with E-state index < -0.39 is 58.8 Å². The van der Waals surface area contributed by atoms with Crippen molar-refractivity contribution in [2.45, 2.75) is 12.4 Å². The summed E-state index contributed by atoms with van der Waals surface area (Å²) in [5, 5.41) is 0. The van der Waals surface area contributed by atoms with Gasteiger partial charge in [0.1, 0.15) is 0 Å². The molecule has 25 heavy (non-hydrogen) atoms. The van der Waals surface area contributed by atoms with Crippen molar-refractivity contribution >= 4 is 23.3 Å². The van der Waals surface area contributed by atoms with Crippen molar-refractivity contribution < 1.29 is 54.9 Å². The Morgan fingerprint density at radius 3 is 1.36 bits per heavy atom. The van der Waals surface area contributed by atoms with E-state index in [1.165, 1.54) is 0 Å². The summed E-state index contributed by atoms with van der Waals surface area (Å²) in [7, 11) is 1.76. The molecule has 0 fully saturated rings. The van der Waals surface area contributed by atoms with Crippen molar-refractivity contribution in [3.8, 4) is 11.5 Å². The predicted molar refractivity (Wildman–Crippen MR) is 70.1 cm³/mol. The Morgan fingerprint density at radius 2 is 1.12 bits per heavy atom. The second-order valence-electron chi connectivity index (χ2n) is 4.21. The Hall–Kier alpha value is -2.18. The highest BCUT2D eigenvalue weighted by atomic mass is 32.1. The molecule has 0 aromatic carbocycles. The molecule has 0 radical (unpaired) electrons. The lowest BCUT2D eigenvalue weighted by molar-refractivity contribution is -0.158. The van der Waals surface area contributed by atoms with E-state index in [1.54, 1.807) is 0 Å².